The Morgan fingerprint density at radius 1 is 1.18 bits per heavy atom. The molecule has 3 nitrogen and oxygen atoms in total. The smallest absolute Gasteiger partial charge is 0.222 e. The minimum absolute atomic E-state index is 0.296. The molecule has 0 saturated carbocycles. The quantitative estimate of drug-likeness (QED) is 0.763. The normalized spacial score (nSPS) is 16.1. The Hall–Kier alpha value is -0.690. The van der Waals surface area contributed by atoms with Crippen molar-refractivity contribution in [3.05, 3.63) is 43.2 Å². The number of carbonyl (C=O) groups excluding carboxylic acids is 1. The maximum Gasteiger partial charge on any atom is 0.222 e. The van der Waals surface area contributed by atoms with E-state index in [4.69, 9.17) is 0 Å². The summed E-state index contributed by atoms with van der Waals surface area (Å²) in [6.45, 7) is 4.65. The number of halogens is 1. The molecule has 1 aliphatic rings. The van der Waals surface area contributed by atoms with Crippen molar-refractivity contribution in [2.24, 2.45) is 0 Å². The minimum atomic E-state index is 0.296. The predicted molar refractivity (Wildman–Crippen MR) is 96.5 cm³/mol. The van der Waals surface area contributed by atoms with E-state index in [0.717, 1.165) is 39.1 Å². The lowest BCUT2D eigenvalue weighted by Crippen LogP contribution is -2.48. The molecule has 1 aliphatic heterocycles. The summed E-state index contributed by atoms with van der Waals surface area (Å²) in [4.78, 5) is 18.1. The first-order valence-electron chi connectivity index (χ1n) is 7.46. The van der Waals surface area contributed by atoms with Crippen molar-refractivity contribution in [3.8, 4) is 0 Å². The number of hydrogen-bond donors (Lipinski definition) is 0. The average Bonchev–Trinajstić information content (AvgIpc) is 3.17. The van der Waals surface area contributed by atoms with Crippen LogP contribution in [0.3, 0.4) is 0 Å². The van der Waals surface area contributed by atoms with Crippen LogP contribution in [0.25, 0.3) is 0 Å². The number of carbonyl (C=O) groups is 1. The van der Waals surface area contributed by atoms with E-state index in [9.17, 15) is 4.79 Å². The summed E-state index contributed by atoms with van der Waals surface area (Å²) in [7, 11) is 0. The van der Waals surface area contributed by atoms with Crippen LogP contribution < -0.4 is 0 Å². The lowest BCUT2D eigenvalue weighted by atomic mass is 10.1. The molecular weight excluding hydrogens is 380 g/mol. The Morgan fingerprint density at radius 3 is 2.64 bits per heavy atom. The van der Waals surface area contributed by atoms with Gasteiger partial charge in [-0.25, -0.2) is 0 Å². The van der Waals surface area contributed by atoms with Crippen LogP contribution in [0.5, 0.6) is 0 Å². The first-order chi connectivity index (χ1) is 10.7. The summed E-state index contributed by atoms with van der Waals surface area (Å²) < 4.78 is 1.18. The summed E-state index contributed by atoms with van der Waals surface area (Å²) >= 11 is 6.99. The molecule has 0 aliphatic carbocycles. The van der Waals surface area contributed by atoms with E-state index in [2.05, 4.69) is 49.8 Å². The van der Waals surface area contributed by atoms with E-state index in [1.54, 1.807) is 22.7 Å². The fraction of sp³-hybridized carbons (Fsp3) is 0.438. The number of piperazine rings is 1. The van der Waals surface area contributed by atoms with Gasteiger partial charge in [0.25, 0.3) is 0 Å². The number of aryl methyl sites for hydroxylation is 1. The highest BCUT2D eigenvalue weighted by Crippen LogP contribution is 2.23. The van der Waals surface area contributed by atoms with Crippen molar-refractivity contribution in [2.45, 2.75) is 19.4 Å². The monoisotopic (exact) mass is 398 g/mol. The second-order valence-corrected chi connectivity index (χ2v) is 8.82. The Kier molecular flexibility index (Phi) is 5.68. The Morgan fingerprint density at radius 2 is 2.00 bits per heavy atom. The number of hydrogen-bond acceptors (Lipinski definition) is 4. The molecule has 0 N–H and O–H groups in total. The summed E-state index contributed by atoms with van der Waals surface area (Å²) in [5.41, 5.74) is 1.28. The largest absolute Gasteiger partial charge is 0.340 e. The molecular formula is C16H19BrN2OS2. The van der Waals surface area contributed by atoms with Gasteiger partial charge in [0.05, 0.1) is 3.79 Å². The molecule has 1 amide bonds. The Labute approximate surface area is 147 Å². The molecule has 0 atom stereocenters. The van der Waals surface area contributed by atoms with Gasteiger partial charge >= 0.3 is 0 Å². The van der Waals surface area contributed by atoms with E-state index in [1.807, 2.05) is 4.90 Å². The first kappa shape index (κ1) is 16.2. The van der Waals surface area contributed by atoms with Gasteiger partial charge in [0, 0.05) is 44.0 Å². The van der Waals surface area contributed by atoms with Crippen LogP contribution in [0, 0.1) is 0 Å². The molecule has 6 heteroatoms. The first-order valence-corrected chi connectivity index (χ1v) is 10.0. The summed E-state index contributed by atoms with van der Waals surface area (Å²) in [5, 5.41) is 4.20. The summed E-state index contributed by atoms with van der Waals surface area (Å²) in [6.07, 6.45) is 1.50. The molecule has 2 aromatic heterocycles. The van der Waals surface area contributed by atoms with E-state index >= 15 is 0 Å². The number of nitrogens with zero attached hydrogens (tertiary/aromatic N) is 2. The minimum Gasteiger partial charge on any atom is -0.340 e. The van der Waals surface area contributed by atoms with Crippen LogP contribution in [0.1, 0.15) is 16.9 Å². The molecule has 0 spiro atoms. The van der Waals surface area contributed by atoms with Crippen LogP contribution in [-0.4, -0.2) is 41.9 Å². The van der Waals surface area contributed by atoms with Crippen LogP contribution >= 0.6 is 38.6 Å². The van der Waals surface area contributed by atoms with Gasteiger partial charge in [-0.05, 0) is 56.9 Å². The van der Waals surface area contributed by atoms with Gasteiger partial charge in [-0.2, -0.15) is 11.3 Å². The van der Waals surface area contributed by atoms with Crippen molar-refractivity contribution in [1.82, 2.24) is 9.80 Å². The van der Waals surface area contributed by atoms with Crippen LogP contribution in [0.15, 0.2) is 32.7 Å². The van der Waals surface area contributed by atoms with Gasteiger partial charge in [-0.3, -0.25) is 9.69 Å². The topological polar surface area (TPSA) is 23.6 Å². The second kappa shape index (κ2) is 7.73. The summed E-state index contributed by atoms with van der Waals surface area (Å²) in [6, 6.07) is 6.38. The van der Waals surface area contributed by atoms with Crippen molar-refractivity contribution >= 4 is 44.5 Å². The van der Waals surface area contributed by atoms with Gasteiger partial charge in [-0.1, -0.05) is 0 Å². The molecule has 2 aromatic rings. The standard InChI is InChI=1S/C16H19BrN2OS2/c17-15-3-2-14(22-15)11-18-6-8-19(9-7-18)16(20)4-1-13-5-10-21-12-13/h2-3,5,10,12H,1,4,6-9,11H2. The third-order valence-electron chi connectivity index (χ3n) is 3.94. The van der Waals surface area contributed by atoms with Crippen molar-refractivity contribution < 1.29 is 4.79 Å². The molecule has 22 heavy (non-hydrogen) atoms. The van der Waals surface area contributed by atoms with Crippen LogP contribution in [-0.2, 0) is 17.8 Å². The molecule has 118 valence electrons. The van der Waals surface area contributed by atoms with E-state index in [1.165, 1.54) is 14.2 Å². The number of thiophene rings is 2. The predicted octanol–water partition coefficient (Wildman–Crippen LogP) is 3.85. The average molecular weight is 399 g/mol. The van der Waals surface area contributed by atoms with Crippen molar-refractivity contribution in [2.75, 3.05) is 26.2 Å². The second-order valence-electron chi connectivity index (χ2n) is 5.49. The third kappa shape index (κ3) is 4.41. The molecule has 3 rings (SSSR count). The number of rotatable bonds is 5. The molecule has 3 heterocycles. The van der Waals surface area contributed by atoms with Crippen molar-refractivity contribution in [3.63, 3.8) is 0 Å². The third-order valence-corrected chi connectivity index (χ3v) is 6.28. The van der Waals surface area contributed by atoms with Crippen LogP contribution in [0.4, 0.5) is 0 Å². The summed E-state index contributed by atoms with van der Waals surface area (Å²) in [5.74, 6) is 0.296. The zero-order valence-corrected chi connectivity index (χ0v) is 15.6. The highest BCUT2D eigenvalue weighted by molar-refractivity contribution is 9.11. The lowest BCUT2D eigenvalue weighted by molar-refractivity contribution is -0.132. The van der Waals surface area contributed by atoms with Crippen LogP contribution in [0.2, 0.25) is 0 Å². The molecule has 0 radical (unpaired) electrons. The molecule has 0 aromatic carbocycles. The van der Waals surface area contributed by atoms with Crippen molar-refractivity contribution in [1.29, 1.82) is 0 Å². The highest BCUT2D eigenvalue weighted by atomic mass is 79.9. The SMILES string of the molecule is O=C(CCc1ccsc1)N1CCN(Cc2ccc(Br)s2)CC1. The molecule has 0 bridgehead atoms. The van der Waals surface area contributed by atoms with Gasteiger partial charge in [0.1, 0.15) is 0 Å². The zero-order valence-electron chi connectivity index (χ0n) is 12.3. The fourth-order valence-corrected chi connectivity index (χ4v) is 4.89. The molecule has 1 fully saturated rings. The Bertz CT molecular complexity index is 603. The Balaban J connectivity index is 1.42. The number of amides is 1. The van der Waals surface area contributed by atoms with Gasteiger partial charge in [0.2, 0.25) is 5.91 Å². The van der Waals surface area contributed by atoms with Gasteiger partial charge in [-0.15, -0.1) is 11.3 Å². The fourth-order valence-electron chi connectivity index (χ4n) is 2.66. The van der Waals surface area contributed by atoms with E-state index in [-0.39, 0.29) is 0 Å². The maximum absolute atomic E-state index is 12.3. The maximum atomic E-state index is 12.3. The molecule has 0 unspecified atom stereocenters. The van der Waals surface area contributed by atoms with Gasteiger partial charge in [0.15, 0.2) is 0 Å². The zero-order chi connectivity index (χ0) is 15.4. The van der Waals surface area contributed by atoms with E-state index in [0.29, 0.717) is 12.3 Å². The highest BCUT2D eigenvalue weighted by Gasteiger charge is 2.21. The molecule has 1 saturated heterocycles. The lowest BCUT2D eigenvalue weighted by Gasteiger charge is -2.34. The van der Waals surface area contributed by atoms with E-state index < -0.39 is 0 Å². The van der Waals surface area contributed by atoms with Gasteiger partial charge < -0.3 is 4.90 Å².